The molecule has 0 radical (unpaired) electrons. The van der Waals surface area contributed by atoms with Crippen molar-refractivity contribution in [2.24, 2.45) is 0 Å². The van der Waals surface area contributed by atoms with Gasteiger partial charge in [-0.2, -0.15) is 0 Å². The van der Waals surface area contributed by atoms with Crippen molar-refractivity contribution in [1.29, 1.82) is 0 Å². The normalized spacial score (nSPS) is 7.44. The van der Waals surface area contributed by atoms with Crippen LogP contribution in [-0.2, 0) is 14.3 Å². The van der Waals surface area contributed by atoms with Crippen molar-refractivity contribution in [1.82, 2.24) is 0 Å². The van der Waals surface area contributed by atoms with Crippen LogP contribution in [0.15, 0.2) is 13.2 Å². The number of ether oxygens (including phenoxy) is 2. The molecule has 0 amide bonds. The van der Waals surface area contributed by atoms with Gasteiger partial charge in [0.15, 0.2) is 0 Å². The minimum absolute atomic E-state index is 0.125. The largest absolute Gasteiger partial charge is 0.466 e. The van der Waals surface area contributed by atoms with Gasteiger partial charge in [0, 0.05) is 20.1 Å². The molecular formula is C13H30O5. The molecule has 0 atom stereocenters. The molecule has 0 aromatic heterocycles. The molecule has 0 saturated carbocycles. The van der Waals surface area contributed by atoms with E-state index in [2.05, 4.69) is 17.9 Å². The Bertz CT molecular complexity index is 125. The lowest BCUT2D eigenvalue weighted by atomic mass is 10.5. The quantitative estimate of drug-likeness (QED) is 0.586. The summed E-state index contributed by atoms with van der Waals surface area (Å²) in [6.07, 6.45) is 0.902. The number of carbonyl (C=O) groups is 1. The van der Waals surface area contributed by atoms with E-state index in [1.165, 1.54) is 6.92 Å². The van der Waals surface area contributed by atoms with E-state index in [1.807, 2.05) is 20.8 Å². The Morgan fingerprint density at radius 2 is 1.44 bits per heavy atom. The zero-order valence-electron chi connectivity index (χ0n) is 12.3. The second-order valence-corrected chi connectivity index (χ2v) is 2.57. The highest BCUT2D eigenvalue weighted by Crippen LogP contribution is 1.78. The van der Waals surface area contributed by atoms with Crippen molar-refractivity contribution in [3.63, 3.8) is 0 Å². The highest BCUT2D eigenvalue weighted by atomic mass is 16.5. The smallest absolute Gasteiger partial charge is 0.302 e. The van der Waals surface area contributed by atoms with Crippen LogP contribution in [0.4, 0.5) is 0 Å². The third-order valence-electron chi connectivity index (χ3n) is 1.02. The van der Waals surface area contributed by atoms with Gasteiger partial charge >= 0.3 is 5.97 Å². The van der Waals surface area contributed by atoms with E-state index >= 15 is 0 Å². The predicted molar refractivity (Wildman–Crippen MR) is 74.5 cm³/mol. The number of hydrogen-bond acceptors (Lipinski definition) is 5. The van der Waals surface area contributed by atoms with Gasteiger partial charge in [-0.3, -0.25) is 4.79 Å². The van der Waals surface area contributed by atoms with E-state index in [9.17, 15) is 4.79 Å². The van der Waals surface area contributed by atoms with Crippen molar-refractivity contribution in [2.45, 2.75) is 34.1 Å². The number of aliphatic hydroxyl groups is 2. The van der Waals surface area contributed by atoms with Gasteiger partial charge in [0.2, 0.25) is 0 Å². The minimum atomic E-state index is -0.193. The fraction of sp³-hybridized carbons (Fsp3) is 0.769. The van der Waals surface area contributed by atoms with E-state index in [-0.39, 0.29) is 19.2 Å². The van der Waals surface area contributed by atoms with Gasteiger partial charge in [-0.1, -0.05) is 6.92 Å². The molecule has 0 aliphatic heterocycles. The van der Waals surface area contributed by atoms with Gasteiger partial charge < -0.3 is 19.7 Å². The highest BCUT2D eigenvalue weighted by molar-refractivity contribution is 5.65. The summed E-state index contributed by atoms with van der Waals surface area (Å²) in [6, 6.07) is 0. The first-order valence-corrected chi connectivity index (χ1v) is 6.03. The molecule has 0 fully saturated rings. The van der Waals surface area contributed by atoms with Crippen LogP contribution in [0.5, 0.6) is 0 Å². The lowest BCUT2D eigenvalue weighted by Gasteiger charge is -1.93. The Balaban J connectivity index is -0.0000000791. The van der Waals surface area contributed by atoms with E-state index in [0.29, 0.717) is 6.61 Å². The standard InChI is InChI=1S/C5H10O2.C4H10O.C2H6O2.C2H4/c1-3-4-7-5(2)6;1-3-5-4-2;3-1-2-4;1-2/h3-4H2,1-2H3;3-4H2,1-2H3;3-4H,1-2H2;1-2H2. The molecule has 5 nitrogen and oxygen atoms in total. The molecule has 18 heavy (non-hydrogen) atoms. The molecular weight excluding hydrogens is 236 g/mol. The molecule has 0 spiro atoms. The van der Waals surface area contributed by atoms with Crippen LogP contribution in [0.3, 0.4) is 0 Å². The Hall–Kier alpha value is -0.910. The molecule has 0 heterocycles. The van der Waals surface area contributed by atoms with Gasteiger partial charge in [0.25, 0.3) is 0 Å². The first kappa shape index (κ1) is 25.8. The summed E-state index contributed by atoms with van der Waals surface area (Å²) >= 11 is 0. The van der Waals surface area contributed by atoms with Gasteiger partial charge in [-0.25, -0.2) is 0 Å². The molecule has 0 saturated heterocycles. The average molecular weight is 266 g/mol. The monoisotopic (exact) mass is 266 g/mol. The third kappa shape index (κ3) is 80.8. The topological polar surface area (TPSA) is 76.0 Å². The molecule has 2 N–H and O–H groups in total. The molecule has 0 aliphatic rings. The van der Waals surface area contributed by atoms with Crippen LogP contribution in [0, 0.1) is 0 Å². The lowest BCUT2D eigenvalue weighted by molar-refractivity contribution is -0.140. The van der Waals surface area contributed by atoms with E-state index in [0.717, 1.165) is 19.6 Å². The maximum atomic E-state index is 9.98. The first-order chi connectivity index (χ1) is 8.60. The molecule has 0 unspecified atom stereocenters. The summed E-state index contributed by atoms with van der Waals surface area (Å²) < 4.78 is 9.39. The predicted octanol–water partition coefficient (Wildman–Crippen LogP) is 1.78. The second kappa shape index (κ2) is 36.0. The molecule has 0 bridgehead atoms. The second-order valence-electron chi connectivity index (χ2n) is 2.57. The minimum Gasteiger partial charge on any atom is -0.466 e. The van der Waals surface area contributed by atoms with E-state index in [4.69, 9.17) is 14.9 Å². The molecule has 0 aromatic rings. The van der Waals surface area contributed by atoms with Gasteiger partial charge in [0.1, 0.15) is 0 Å². The summed E-state index contributed by atoms with van der Waals surface area (Å²) in [5, 5.41) is 15.2. The van der Waals surface area contributed by atoms with Crippen molar-refractivity contribution in [3.05, 3.63) is 13.2 Å². The van der Waals surface area contributed by atoms with E-state index in [1.54, 1.807) is 0 Å². The molecule has 0 rings (SSSR count). The van der Waals surface area contributed by atoms with Crippen LogP contribution in [0.2, 0.25) is 0 Å². The molecule has 112 valence electrons. The zero-order chi connectivity index (χ0) is 15.2. The Morgan fingerprint density at radius 1 is 1.06 bits per heavy atom. The van der Waals surface area contributed by atoms with Gasteiger partial charge in [-0.15, -0.1) is 13.2 Å². The summed E-state index contributed by atoms with van der Waals surface area (Å²) in [6.45, 7) is 15.3. The lowest BCUT2D eigenvalue weighted by Crippen LogP contribution is -1.98. The van der Waals surface area contributed by atoms with Crippen molar-refractivity contribution >= 4 is 5.97 Å². The summed E-state index contributed by atoms with van der Waals surface area (Å²) in [5.74, 6) is -0.193. The Labute approximate surface area is 111 Å². The SMILES string of the molecule is C=C.CCCOC(C)=O.CCOCC.OCCO. The summed E-state index contributed by atoms with van der Waals surface area (Å²) in [7, 11) is 0. The van der Waals surface area contributed by atoms with Crippen LogP contribution < -0.4 is 0 Å². The maximum absolute atomic E-state index is 9.98. The highest BCUT2D eigenvalue weighted by Gasteiger charge is 1.85. The fourth-order valence-electron chi connectivity index (χ4n) is 0.450. The Kier molecular flexibility index (Phi) is 51.6. The first-order valence-electron chi connectivity index (χ1n) is 6.03. The van der Waals surface area contributed by atoms with Crippen LogP contribution in [0.25, 0.3) is 0 Å². The van der Waals surface area contributed by atoms with Gasteiger partial charge in [0.05, 0.1) is 19.8 Å². The third-order valence-corrected chi connectivity index (χ3v) is 1.02. The zero-order valence-corrected chi connectivity index (χ0v) is 12.3. The van der Waals surface area contributed by atoms with Crippen molar-refractivity contribution < 1.29 is 24.5 Å². The van der Waals surface area contributed by atoms with Crippen molar-refractivity contribution in [2.75, 3.05) is 33.0 Å². The number of carbonyl (C=O) groups excluding carboxylic acids is 1. The van der Waals surface area contributed by atoms with Crippen LogP contribution >= 0.6 is 0 Å². The average Bonchev–Trinajstić information content (AvgIpc) is 2.40. The number of hydrogen-bond donors (Lipinski definition) is 2. The Morgan fingerprint density at radius 3 is 1.50 bits per heavy atom. The number of esters is 1. The molecule has 5 heteroatoms. The summed E-state index contributed by atoms with van der Waals surface area (Å²) in [5.41, 5.74) is 0. The molecule has 0 aromatic carbocycles. The van der Waals surface area contributed by atoms with Crippen molar-refractivity contribution in [3.8, 4) is 0 Å². The number of aliphatic hydroxyl groups excluding tert-OH is 2. The van der Waals surface area contributed by atoms with Crippen LogP contribution in [0.1, 0.15) is 34.1 Å². The van der Waals surface area contributed by atoms with Gasteiger partial charge in [-0.05, 0) is 20.3 Å². The maximum Gasteiger partial charge on any atom is 0.302 e. The van der Waals surface area contributed by atoms with E-state index < -0.39 is 0 Å². The number of rotatable bonds is 5. The summed E-state index contributed by atoms with van der Waals surface area (Å²) in [4.78, 5) is 9.98. The fourth-order valence-corrected chi connectivity index (χ4v) is 0.450. The van der Waals surface area contributed by atoms with Crippen LogP contribution in [-0.4, -0.2) is 49.2 Å². The molecule has 0 aliphatic carbocycles.